The summed E-state index contributed by atoms with van der Waals surface area (Å²) in [4.78, 5) is 24.0. The highest BCUT2D eigenvalue weighted by Crippen LogP contribution is 2.28. The fourth-order valence-electron chi connectivity index (χ4n) is 2.18. The summed E-state index contributed by atoms with van der Waals surface area (Å²) in [6.45, 7) is 2.25. The summed E-state index contributed by atoms with van der Waals surface area (Å²) in [7, 11) is 3.00. The van der Waals surface area contributed by atoms with Gasteiger partial charge >= 0.3 is 11.8 Å². The normalized spacial score (nSPS) is 9.96. The highest BCUT2D eigenvalue weighted by Gasteiger charge is 2.16. The van der Waals surface area contributed by atoms with Crippen LogP contribution in [0.15, 0.2) is 42.5 Å². The van der Waals surface area contributed by atoms with E-state index in [1.807, 2.05) is 31.2 Å². The van der Waals surface area contributed by atoms with Crippen LogP contribution in [0.5, 0.6) is 11.5 Å². The maximum absolute atomic E-state index is 12.0. The van der Waals surface area contributed by atoms with E-state index in [2.05, 4.69) is 10.6 Å². The zero-order valence-corrected chi connectivity index (χ0v) is 13.9. The van der Waals surface area contributed by atoms with Gasteiger partial charge in [0.1, 0.15) is 11.5 Å². The van der Waals surface area contributed by atoms with E-state index in [0.717, 1.165) is 11.1 Å². The third-order valence-corrected chi connectivity index (χ3v) is 3.40. The molecule has 2 amide bonds. The second kappa shape index (κ2) is 8.01. The van der Waals surface area contributed by atoms with Crippen LogP contribution in [0.25, 0.3) is 0 Å². The summed E-state index contributed by atoms with van der Waals surface area (Å²) >= 11 is 0. The zero-order valence-electron chi connectivity index (χ0n) is 13.9. The summed E-state index contributed by atoms with van der Waals surface area (Å²) in [6, 6.07) is 12.6. The molecule has 0 saturated carbocycles. The molecule has 6 nitrogen and oxygen atoms in total. The number of aryl methyl sites for hydroxylation is 1. The lowest BCUT2D eigenvalue weighted by Gasteiger charge is -2.12. The minimum atomic E-state index is -0.769. The van der Waals surface area contributed by atoms with E-state index >= 15 is 0 Å². The number of carbonyl (C=O) groups excluding carboxylic acids is 2. The van der Waals surface area contributed by atoms with Crippen molar-refractivity contribution in [1.29, 1.82) is 0 Å². The van der Waals surface area contributed by atoms with Gasteiger partial charge in [-0.1, -0.05) is 29.8 Å². The van der Waals surface area contributed by atoms with Crippen LogP contribution in [-0.4, -0.2) is 26.0 Å². The summed E-state index contributed by atoms with van der Waals surface area (Å²) in [5, 5.41) is 5.12. The summed E-state index contributed by atoms with van der Waals surface area (Å²) < 4.78 is 10.3. The number of anilines is 1. The van der Waals surface area contributed by atoms with Gasteiger partial charge in [0.05, 0.1) is 19.9 Å². The van der Waals surface area contributed by atoms with E-state index in [9.17, 15) is 9.59 Å². The molecule has 0 fully saturated rings. The van der Waals surface area contributed by atoms with Crippen LogP contribution in [0.2, 0.25) is 0 Å². The Morgan fingerprint density at radius 3 is 2.46 bits per heavy atom. The quantitative estimate of drug-likeness (QED) is 0.826. The first-order valence-corrected chi connectivity index (χ1v) is 7.40. The highest BCUT2D eigenvalue weighted by molar-refractivity contribution is 6.39. The first-order chi connectivity index (χ1) is 11.5. The molecule has 2 aromatic carbocycles. The Balaban J connectivity index is 2.00. The zero-order chi connectivity index (χ0) is 17.5. The SMILES string of the molecule is COc1ccc(OC)c(NC(=O)C(=O)NCc2cccc(C)c2)c1. The van der Waals surface area contributed by atoms with Gasteiger partial charge in [-0.15, -0.1) is 0 Å². The highest BCUT2D eigenvalue weighted by atomic mass is 16.5. The Hall–Kier alpha value is -3.02. The number of hydrogen-bond donors (Lipinski definition) is 2. The molecule has 0 heterocycles. The molecule has 0 aromatic heterocycles. The Morgan fingerprint density at radius 1 is 1.00 bits per heavy atom. The van der Waals surface area contributed by atoms with Crippen LogP contribution in [0.4, 0.5) is 5.69 Å². The van der Waals surface area contributed by atoms with Gasteiger partial charge in [-0.3, -0.25) is 9.59 Å². The largest absolute Gasteiger partial charge is 0.497 e. The van der Waals surface area contributed by atoms with E-state index in [4.69, 9.17) is 9.47 Å². The molecule has 2 rings (SSSR count). The Kier molecular flexibility index (Phi) is 5.78. The van der Waals surface area contributed by atoms with Crippen LogP contribution in [0.3, 0.4) is 0 Å². The molecule has 0 aliphatic carbocycles. The van der Waals surface area contributed by atoms with E-state index in [0.29, 0.717) is 17.2 Å². The number of ether oxygens (including phenoxy) is 2. The maximum atomic E-state index is 12.0. The lowest BCUT2D eigenvalue weighted by atomic mass is 10.1. The van der Waals surface area contributed by atoms with Gasteiger partial charge in [-0.05, 0) is 24.6 Å². The third kappa shape index (κ3) is 4.49. The minimum absolute atomic E-state index is 0.281. The number of nitrogens with one attached hydrogen (secondary N) is 2. The molecule has 0 aliphatic heterocycles. The topological polar surface area (TPSA) is 76.7 Å². The molecule has 0 atom stereocenters. The number of benzene rings is 2. The van der Waals surface area contributed by atoms with Gasteiger partial charge in [0.25, 0.3) is 0 Å². The van der Waals surface area contributed by atoms with Crippen molar-refractivity contribution in [3.63, 3.8) is 0 Å². The number of hydrogen-bond acceptors (Lipinski definition) is 4. The van der Waals surface area contributed by atoms with E-state index in [1.165, 1.54) is 14.2 Å². The number of rotatable bonds is 5. The predicted octanol–water partition coefficient (Wildman–Crippen LogP) is 2.27. The number of methoxy groups -OCH3 is 2. The average molecular weight is 328 g/mol. The summed E-state index contributed by atoms with van der Waals surface area (Å²) in [5.41, 5.74) is 2.38. The lowest BCUT2D eigenvalue weighted by molar-refractivity contribution is -0.136. The molecule has 0 spiro atoms. The van der Waals surface area contributed by atoms with Crippen molar-refractivity contribution >= 4 is 17.5 Å². The summed E-state index contributed by atoms with van der Waals surface area (Å²) in [5.74, 6) is -0.502. The van der Waals surface area contributed by atoms with Crippen molar-refractivity contribution < 1.29 is 19.1 Å². The molecular formula is C18H20N2O4. The number of amides is 2. The van der Waals surface area contributed by atoms with Crippen molar-refractivity contribution in [2.24, 2.45) is 0 Å². The Morgan fingerprint density at radius 2 is 1.79 bits per heavy atom. The van der Waals surface area contributed by atoms with Crippen LogP contribution in [0.1, 0.15) is 11.1 Å². The predicted molar refractivity (Wildman–Crippen MR) is 91.2 cm³/mol. The molecule has 0 saturated heterocycles. The van der Waals surface area contributed by atoms with Gasteiger partial charge in [0, 0.05) is 12.6 Å². The van der Waals surface area contributed by atoms with Crippen LogP contribution >= 0.6 is 0 Å². The van der Waals surface area contributed by atoms with E-state index in [-0.39, 0.29) is 6.54 Å². The molecule has 0 bridgehead atoms. The molecule has 6 heteroatoms. The second-order valence-electron chi connectivity index (χ2n) is 5.19. The van der Waals surface area contributed by atoms with Gasteiger partial charge in [0.2, 0.25) is 0 Å². The van der Waals surface area contributed by atoms with Crippen molar-refractivity contribution in [3.8, 4) is 11.5 Å². The van der Waals surface area contributed by atoms with E-state index in [1.54, 1.807) is 18.2 Å². The Labute approximate surface area is 140 Å². The molecule has 126 valence electrons. The smallest absolute Gasteiger partial charge is 0.313 e. The first-order valence-electron chi connectivity index (χ1n) is 7.40. The number of carbonyl (C=O) groups is 2. The van der Waals surface area contributed by atoms with E-state index < -0.39 is 11.8 Å². The van der Waals surface area contributed by atoms with Gasteiger partial charge < -0.3 is 20.1 Å². The van der Waals surface area contributed by atoms with Gasteiger partial charge in [0.15, 0.2) is 0 Å². The molecule has 0 aliphatic rings. The molecular weight excluding hydrogens is 308 g/mol. The third-order valence-electron chi connectivity index (χ3n) is 3.40. The van der Waals surface area contributed by atoms with Crippen LogP contribution < -0.4 is 20.1 Å². The monoisotopic (exact) mass is 328 g/mol. The molecule has 2 N–H and O–H groups in total. The van der Waals surface area contributed by atoms with Crippen LogP contribution in [-0.2, 0) is 16.1 Å². The molecule has 0 unspecified atom stereocenters. The lowest BCUT2D eigenvalue weighted by Crippen LogP contribution is -2.35. The van der Waals surface area contributed by atoms with Crippen molar-refractivity contribution in [1.82, 2.24) is 5.32 Å². The molecule has 2 aromatic rings. The maximum Gasteiger partial charge on any atom is 0.313 e. The van der Waals surface area contributed by atoms with Gasteiger partial charge in [-0.25, -0.2) is 0 Å². The molecule has 0 radical (unpaired) electrons. The molecule has 24 heavy (non-hydrogen) atoms. The standard InChI is InChI=1S/C18H20N2O4/c1-12-5-4-6-13(9-12)11-19-17(21)18(22)20-15-10-14(23-2)7-8-16(15)24-3/h4-10H,11H2,1-3H3,(H,19,21)(H,20,22). The average Bonchev–Trinajstić information content (AvgIpc) is 2.59. The Bertz CT molecular complexity index is 744. The van der Waals surface area contributed by atoms with Crippen molar-refractivity contribution in [3.05, 3.63) is 53.6 Å². The minimum Gasteiger partial charge on any atom is -0.497 e. The second-order valence-corrected chi connectivity index (χ2v) is 5.19. The van der Waals surface area contributed by atoms with Crippen molar-refractivity contribution in [2.75, 3.05) is 19.5 Å². The van der Waals surface area contributed by atoms with Crippen LogP contribution in [0, 0.1) is 6.92 Å². The van der Waals surface area contributed by atoms with Crippen molar-refractivity contribution in [2.45, 2.75) is 13.5 Å². The summed E-state index contributed by atoms with van der Waals surface area (Å²) in [6.07, 6.45) is 0. The fraction of sp³-hybridized carbons (Fsp3) is 0.222. The first kappa shape index (κ1) is 17.3. The fourth-order valence-corrected chi connectivity index (χ4v) is 2.18. The van der Waals surface area contributed by atoms with Gasteiger partial charge in [-0.2, -0.15) is 0 Å².